The summed E-state index contributed by atoms with van der Waals surface area (Å²) < 4.78 is 22.1. The first-order chi connectivity index (χ1) is 12.6. The number of rotatable bonds is 7. The average molecular weight is 354 g/mol. The van der Waals surface area contributed by atoms with Crippen LogP contribution in [0.4, 0.5) is 0 Å². The van der Waals surface area contributed by atoms with Crippen LogP contribution < -0.4 is 14.2 Å². The highest BCUT2D eigenvalue weighted by Gasteiger charge is 2.13. The van der Waals surface area contributed by atoms with Gasteiger partial charge in [0.2, 0.25) is 5.89 Å². The topological polar surface area (TPSA) is 66.6 Å². The Hall–Kier alpha value is -3.02. The van der Waals surface area contributed by atoms with Crippen molar-refractivity contribution in [2.45, 2.75) is 26.4 Å². The number of hydrogen-bond donors (Lipinski definition) is 0. The second-order valence-electron chi connectivity index (χ2n) is 6.05. The zero-order chi connectivity index (χ0) is 18.5. The highest BCUT2D eigenvalue weighted by Crippen LogP contribution is 2.32. The van der Waals surface area contributed by atoms with E-state index in [0.717, 1.165) is 16.9 Å². The van der Waals surface area contributed by atoms with Gasteiger partial charge in [0, 0.05) is 5.56 Å². The standard InChI is InChI=1S/C20H22N2O4/c1-13(2)15-7-5-6-8-16(15)25-12-19-21-22-20(26-19)14-9-10-17(23-3)18(11-14)24-4/h5-11,13H,12H2,1-4H3. The molecule has 0 aliphatic carbocycles. The van der Waals surface area contributed by atoms with Gasteiger partial charge in [0.1, 0.15) is 5.75 Å². The maximum Gasteiger partial charge on any atom is 0.254 e. The van der Waals surface area contributed by atoms with Crippen molar-refractivity contribution < 1.29 is 18.6 Å². The van der Waals surface area contributed by atoms with Gasteiger partial charge in [0.15, 0.2) is 18.1 Å². The fourth-order valence-corrected chi connectivity index (χ4v) is 2.63. The van der Waals surface area contributed by atoms with Gasteiger partial charge in [-0.2, -0.15) is 0 Å². The lowest BCUT2D eigenvalue weighted by molar-refractivity contribution is 0.261. The number of hydrogen-bond acceptors (Lipinski definition) is 6. The van der Waals surface area contributed by atoms with Gasteiger partial charge >= 0.3 is 0 Å². The zero-order valence-corrected chi connectivity index (χ0v) is 15.4. The SMILES string of the molecule is COc1ccc(-c2nnc(COc3ccccc3C(C)C)o2)cc1OC. The second-order valence-corrected chi connectivity index (χ2v) is 6.05. The number of nitrogens with zero attached hydrogens (tertiary/aromatic N) is 2. The van der Waals surface area contributed by atoms with Crippen LogP contribution in [0.25, 0.3) is 11.5 Å². The van der Waals surface area contributed by atoms with Gasteiger partial charge in [-0.1, -0.05) is 32.0 Å². The Morgan fingerprint density at radius 3 is 2.42 bits per heavy atom. The highest BCUT2D eigenvalue weighted by molar-refractivity contribution is 5.59. The normalized spacial score (nSPS) is 10.8. The van der Waals surface area contributed by atoms with Crippen molar-refractivity contribution >= 4 is 0 Å². The van der Waals surface area contributed by atoms with Crippen LogP contribution in [-0.4, -0.2) is 24.4 Å². The number of para-hydroxylation sites is 1. The molecule has 0 aliphatic rings. The second kappa shape index (κ2) is 7.91. The smallest absolute Gasteiger partial charge is 0.254 e. The molecule has 0 amide bonds. The van der Waals surface area contributed by atoms with E-state index in [0.29, 0.717) is 29.2 Å². The molecule has 0 aliphatic heterocycles. The minimum absolute atomic E-state index is 0.212. The molecule has 0 atom stereocenters. The van der Waals surface area contributed by atoms with Gasteiger partial charge in [-0.05, 0) is 35.7 Å². The predicted octanol–water partition coefficient (Wildman–Crippen LogP) is 4.46. The van der Waals surface area contributed by atoms with E-state index in [1.54, 1.807) is 26.4 Å². The third-order valence-electron chi connectivity index (χ3n) is 3.99. The summed E-state index contributed by atoms with van der Waals surface area (Å²) in [5.41, 5.74) is 1.90. The Bertz CT molecular complexity index is 874. The van der Waals surface area contributed by atoms with Crippen molar-refractivity contribution in [1.82, 2.24) is 10.2 Å². The van der Waals surface area contributed by atoms with E-state index in [9.17, 15) is 0 Å². The minimum atomic E-state index is 0.212. The fourth-order valence-electron chi connectivity index (χ4n) is 2.63. The first kappa shape index (κ1) is 17.8. The largest absolute Gasteiger partial charge is 0.493 e. The van der Waals surface area contributed by atoms with Gasteiger partial charge < -0.3 is 18.6 Å². The van der Waals surface area contributed by atoms with E-state index in [1.165, 1.54) is 0 Å². The molecule has 3 rings (SSSR count). The molecule has 1 aromatic heterocycles. The molecule has 1 heterocycles. The van der Waals surface area contributed by atoms with Crippen LogP contribution in [0, 0.1) is 0 Å². The molecule has 0 unspecified atom stereocenters. The average Bonchev–Trinajstić information content (AvgIpc) is 3.15. The lowest BCUT2D eigenvalue weighted by atomic mass is 10.0. The zero-order valence-electron chi connectivity index (χ0n) is 15.4. The number of ether oxygens (including phenoxy) is 3. The summed E-state index contributed by atoms with van der Waals surface area (Å²) in [5.74, 6) is 3.26. The van der Waals surface area contributed by atoms with Gasteiger partial charge in [-0.15, -0.1) is 10.2 Å². The molecule has 26 heavy (non-hydrogen) atoms. The lowest BCUT2D eigenvalue weighted by Crippen LogP contribution is -1.99. The van der Waals surface area contributed by atoms with E-state index in [-0.39, 0.29) is 6.61 Å². The predicted molar refractivity (Wildman–Crippen MR) is 97.7 cm³/mol. The molecule has 0 saturated carbocycles. The molecule has 0 radical (unpaired) electrons. The van der Waals surface area contributed by atoms with Crippen molar-refractivity contribution in [1.29, 1.82) is 0 Å². The van der Waals surface area contributed by atoms with Gasteiger partial charge in [0.05, 0.1) is 14.2 Å². The van der Waals surface area contributed by atoms with Crippen LogP contribution >= 0.6 is 0 Å². The van der Waals surface area contributed by atoms with Crippen molar-refractivity contribution in [2.24, 2.45) is 0 Å². The molecule has 136 valence electrons. The van der Waals surface area contributed by atoms with E-state index in [2.05, 4.69) is 30.1 Å². The van der Waals surface area contributed by atoms with Crippen molar-refractivity contribution in [3.05, 3.63) is 53.9 Å². The van der Waals surface area contributed by atoms with E-state index < -0.39 is 0 Å². The van der Waals surface area contributed by atoms with Crippen LogP contribution in [-0.2, 0) is 6.61 Å². The number of methoxy groups -OCH3 is 2. The Kier molecular flexibility index (Phi) is 5.41. The molecule has 3 aromatic rings. The Balaban J connectivity index is 1.75. The maximum atomic E-state index is 5.87. The van der Waals surface area contributed by atoms with Crippen LogP contribution in [0.15, 0.2) is 46.9 Å². The molecule has 0 saturated heterocycles. The molecule has 0 spiro atoms. The third-order valence-corrected chi connectivity index (χ3v) is 3.99. The van der Waals surface area contributed by atoms with Gasteiger partial charge in [-0.3, -0.25) is 0 Å². The van der Waals surface area contributed by atoms with E-state index >= 15 is 0 Å². The molecular formula is C20H22N2O4. The van der Waals surface area contributed by atoms with Crippen molar-refractivity contribution in [3.8, 4) is 28.7 Å². The first-order valence-electron chi connectivity index (χ1n) is 8.39. The summed E-state index contributed by atoms with van der Waals surface area (Å²) in [5, 5.41) is 8.16. The summed E-state index contributed by atoms with van der Waals surface area (Å²) >= 11 is 0. The van der Waals surface area contributed by atoms with Crippen LogP contribution in [0.1, 0.15) is 31.2 Å². The quantitative estimate of drug-likeness (QED) is 0.624. The minimum Gasteiger partial charge on any atom is -0.493 e. The molecule has 6 nitrogen and oxygen atoms in total. The monoisotopic (exact) mass is 354 g/mol. The first-order valence-corrected chi connectivity index (χ1v) is 8.39. The molecular weight excluding hydrogens is 332 g/mol. The maximum absolute atomic E-state index is 5.87. The Labute approximate surface area is 152 Å². The van der Waals surface area contributed by atoms with E-state index in [1.807, 2.05) is 24.3 Å². The lowest BCUT2D eigenvalue weighted by Gasteiger charge is -2.12. The third kappa shape index (κ3) is 3.79. The van der Waals surface area contributed by atoms with E-state index in [4.69, 9.17) is 18.6 Å². The fraction of sp³-hybridized carbons (Fsp3) is 0.300. The molecule has 0 N–H and O–H groups in total. The Morgan fingerprint density at radius 1 is 0.923 bits per heavy atom. The Morgan fingerprint density at radius 2 is 1.69 bits per heavy atom. The molecule has 0 fully saturated rings. The van der Waals surface area contributed by atoms with Crippen molar-refractivity contribution in [2.75, 3.05) is 14.2 Å². The number of benzene rings is 2. The van der Waals surface area contributed by atoms with Crippen molar-refractivity contribution in [3.63, 3.8) is 0 Å². The van der Waals surface area contributed by atoms with Gasteiger partial charge in [0.25, 0.3) is 5.89 Å². The van der Waals surface area contributed by atoms with Crippen LogP contribution in [0.2, 0.25) is 0 Å². The molecule has 2 aromatic carbocycles. The van der Waals surface area contributed by atoms with Crippen LogP contribution in [0.3, 0.4) is 0 Å². The summed E-state index contributed by atoms with van der Waals surface area (Å²) in [4.78, 5) is 0. The highest BCUT2D eigenvalue weighted by atomic mass is 16.5. The summed E-state index contributed by atoms with van der Waals surface area (Å²) in [6.07, 6.45) is 0. The summed E-state index contributed by atoms with van der Waals surface area (Å²) in [6.45, 7) is 4.47. The summed E-state index contributed by atoms with van der Waals surface area (Å²) in [6, 6.07) is 13.4. The molecule has 6 heteroatoms. The summed E-state index contributed by atoms with van der Waals surface area (Å²) in [7, 11) is 3.18. The molecule has 0 bridgehead atoms. The van der Waals surface area contributed by atoms with Gasteiger partial charge in [-0.25, -0.2) is 0 Å². The number of aromatic nitrogens is 2. The van der Waals surface area contributed by atoms with Crippen LogP contribution in [0.5, 0.6) is 17.2 Å².